The van der Waals surface area contributed by atoms with Crippen molar-refractivity contribution in [3.8, 4) is 0 Å². The first kappa shape index (κ1) is 12.5. The smallest absolute Gasteiger partial charge is 0.0649 e. The molecular weight excluding hydrogens is 229 g/mol. The van der Waals surface area contributed by atoms with Crippen LogP contribution in [0.2, 0.25) is 0 Å². The Morgan fingerprint density at radius 3 is 2.60 bits per heavy atom. The molecule has 0 aliphatic carbocycles. The highest BCUT2D eigenvalue weighted by atomic mass is 35.5. The first-order valence-electron chi connectivity index (χ1n) is 4.96. The van der Waals surface area contributed by atoms with Gasteiger partial charge in [-0.15, -0.1) is 24.0 Å². The van der Waals surface area contributed by atoms with Crippen molar-refractivity contribution in [3.05, 3.63) is 35.4 Å². The molecule has 0 amide bonds. The Kier molecular flexibility index (Phi) is 4.18. The summed E-state index contributed by atoms with van der Waals surface area (Å²) in [7, 11) is 0. The quantitative estimate of drug-likeness (QED) is 0.669. The predicted octanol–water partition coefficient (Wildman–Crippen LogP) is 3.64. The van der Waals surface area contributed by atoms with Crippen molar-refractivity contribution in [3.63, 3.8) is 0 Å². The zero-order valence-electron chi connectivity index (χ0n) is 8.90. The van der Waals surface area contributed by atoms with Gasteiger partial charge < -0.3 is 0 Å². The van der Waals surface area contributed by atoms with Gasteiger partial charge in [0.2, 0.25) is 0 Å². The number of fused-ring (bicyclic) bond motifs is 1. The van der Waals surface area contributed by atoms with Crippen LogP contribution in [0.4, 0.5) is 0 Å². The Balaban J connectivity index is 0.00000112. The zero-order chi connectivity index (χ0) is 10.1. The second kappa shape index (κ2) is 5.00. The van der Waals surface area contributed by atoms with Crippen molar-refractivity contribution < 1.29 is 0 Å². The monoisotopic (exact) mass is 243 g/mol. The first-order valence-corrected chi connectivity index (χ1v) is 5.49. The zero-order valence-corrected chi connectivity index (χ0v) is 10.5. The highest BCUT2D eigenvalue weighted by Gasteiger charge is 2.23. The molecule has 1 aromatic rings. The van der Waals surface area contributed by atoms with Crippen LogP contribution in [-0.2, 0) is 0 Å². The van der Waals surface area contributed by atoms with Crippen molar-refractivity contribution in [1.29, 1.82) is 0 Å². The van der Waals surface area contributed by atoms with Crippen molar-refractivity contribution in [2.75, 3.05) is 5.88 Å². The van der Waals surface area contributed by atoms with Crippen LogP contribution in [0, 0.1) is 0 Å². The average Bonchev–Trinajstić information content (AvgIpc) is 2.23. The second-order valence-electron chi connectivity index (χ2n) is 3.83. The SMILES string of the molecule is C[C@@H]1N=C(CCl)c2ccccc2[C@@H]1C.Cl. The normalized spacial score (nSPS) is 23.8. The Morgan fingerprint density at radius 2 is 1.93 bits per heavy atom. The molecule has 0 radical (unpaired) electrons. The highest BCUT2D eigenvalue weighted by molar-refractivity contribution is 6.32. The van der Waals surface area contributed by atoms with Crippen LogP contribution < -0.4 is 0 Å². The molecule has 0 unspecified atom stereocenters. The molecule has 15 heavy (non-hydrogen) atoms. The van der Waals surface area contributed by atoms with E-state index in [1.54, 1.807) is 0 Å². The summed E-state index contributed by atoms with van der Waals surface area (Å²) in [6, 6.07) is 8.76. The lowest BCUT2D eigenvalue weighted by Gasteiger charge is -2.26. The van der Waals surface area contributed by atoms with E-state index in [0.717, 1.165) is 5.71 Å². The van der Waals surface area contributed by atoms with E-state index in [1.807, 2.05) is 6.07 Å². The Bertz CT molecular complexity index is 374. The molecule has 82 valence electrons. The molecule has 0 N–H and O–H groups in total. The molecule has 2 rings (SSSR count). The van der Waals surface area contributed by atoms with Crippen LogP contribution in [0.15, 0.2) is 29.3 Å². The van der Waals surface area contributed by atoms with E-state index >= 15 is 0 Å². The van der Waals surface area contributed by atoms with E-state index in [2.05, 4.69) is 37.0 Å². The van der Waals surface area contributed by atoms with E-state index in [-0.39, 0.29) is 12.4 Å². The third-order valence-corrected chi connectivity index (χ3v) is 3.23. The molecule has 0 fully saturated rings. The lowest BCUT2D eigenvalue weighted by atomic mass is 9.86. The van der Waals surface area contributed by atoms with Gasteiger partial charge in [-0.2, -0.15) is 0 Å². The fourth-order valence-electron chi connectivity index (χ4n) is 1.95. The third kappa shape index (κ3) is 2.19. The maximum atomic E-state index is 5.89. The molecule has 0 spiro atoms. The van der Waals surface area contributed by atoms with Gasteiger partial charge in [-0.3, -0.25) is 4.99 Å². The molecule has 1 aromatic carbocycles. The van der Waals surface area contributed by atoms with Gasteiger partial charge in [-0.25, -0.2) is 0 Å². The van der Waals surface area contributed by atoms with E-state index in [4.69, 9.17) is 11.6 Å². The highest BCUT2D eigenvalue weighted by Crippen LogP contribution is 2.30. The van der Waals surface area contributed by atoms with Crippen molar-refractivity contribution >= 4 is 29.7 Å². The Morgan fingerprint density at radius 1 is 1.27 bits per heavy atom. The maximum absolute atomic E-state index is 5.89. The van der Waals surface area contributed by atoms with Crippen LogP contribution in [0.25, 0.3) is 0 Å². The number of alkyl halides is 1. The topological polar surface area (TPSA) is 12.4 Å². The minimum atomic E-state index is 0. The van der Waals surface area contributed by atoms with Crippen LogP contribution in [0.3, 0.4) is 0 Å². The molecule has 1 aliphatic heterocycles. The van der Waals surface area contributed by atoms with Gasteiger partial charge in [0.25, 0.3) is 0 Å². The summed E-state index contributed by atoms with van der Waals surface area (Å²) in [4.78, 5) is 4.61. The molecule has 1 aliphatic rings. The third-order valence-electron chi connectivity index (χ3n) is 2.97. The summed E-state index contributed by atoms with van der Waals surface area (Å²) in [5.74, 6) is 1.01. The van der Waals surface area contributed by atoms with Crippen molar-refractivity contribution in [2.45, 2.75) is 25.8 Å². The van der Waals surface area contributed by atoms with Gasteiger partial charge in [0.15, 0.2) is 0 Å². The van der Waals surface area contributed by atoms with Gasteiger partial charge in [0.05, 0.1) is 17.6 Å². The minimum absolute atomic E-state index is 0. The largest absolute Gasteiger partial charge is 0.284 e. The second-order valence-corrected chi connectivity index (χ2v) is 4.09. The summed E-state index contributed by atoms with van der Waals surface area (Å²) in [6.45, 7) is 4.37. The number of halogens is 2. The predicted molar refractivity (Wildman–Crippen MR) is 68.8 cm³/mol. The van der Waals surface area contributed by atoms with Crippen LogP contribution in [-0.4, -0.2) is 17.6 Å². The van der Waals surface area contributed by atoms with Gasteiger partial charge in [0.1, 0.15) is 0 Å². The fourth-order valence-corrected chi connectivity index (χ4v) is 2.16. The van der Waals surface area contributed by atoms with Crippen molar-refractivity contribution in [1.82, 2.24) is 0 Å². The molecule has 3 heteroatoms. The summed E-state index contributed by atoms with van der Waals surface area (Å²) >= 11 is 5.89. The van der Waals surface area contributed by atoms with E-state index in [0.29, 0.717) is 17.8 Å². The summed E-state index contributed by atoms with van der Waals surface area (Å²) in [6.07, 6.45) is 0. The number of aliphatic imine (C=N–C) groups is 1. The molecular formula is C12H15Cl2N. The molecule has 1 heterocycles. The number of nitrogens with zero attached hydrogens (tertiary/aromatic N) is 1. The van der Waals surface area contributed by atoms with Gasteiger partial charge in [-0.1, -0.05) is 31.2 Å². The van der Waals surface area contributed by atoms with Crippen molar-refractivity contribution in [2.24, 2.45) is 4.99 Å². The maximum Gasteiger partial charge on any atom is 0.0649 e. The molecule has 0 saturated heterocycles. The van der Waals surface area contributed by atoms with Crippen LogP contribution in [0.5, 0.6) is 0 Å². The average molecular weight is 244 g/mol. The molecule has 0 saturated carbocycles. The first-order chi connectivity index (χ1) is 6.74. The molecule has 0 bridgehead atoms. The fraction of sp³-hybridized carbons (Fsp3) is 0.417. The Hall–Kier alpha value is -0.530. The molecule has 2 atom stereocenters. The lowest BCUT2D eigenvalue weighted by molar-refractivity contribution is 0.605. The van der Waals surface area contributed by atoms with Gasteiger partial charge in [-0.05, 0) is 12.5 Å². The van der Waals surface area contributed by atoms with E-state index in [9.17, 15) is 0 Å². The number of hydrogen-bond acceptors (Lipinski definition) is 1. The summed E-state index contributed by atoms with van der Waals surface area (Å²) in [5.41, 5.74) is 3.65. The standard InChI is InChI=1S/C12H14ClN.ClH/c1-8-9(2)14-12(7-13)11-6-4-3-5-10(8)11;/h3-6,8-9H,7H2,1-2H3;1H/t8-,9+;/m1./s1. The Labute approximate surface area is 102 Å². The lowest BCUT2D eigenvalue weighted by Crippen LogP contribution is -2.23. The van der Waals surface area contributed by atoms with Gasteiger partial charge in [0, 0.05) is 11.5 Å². The molecule has 0 aromatic heterocycles. The number of rotatable bonds is 1. The number of hydrogen-bond donors (Lipinski definition) is 0. The van der Waals surface area contributed by atoms with Gasteiger partial charge >= 0.3 is 0 Å². The summed E-state index contributed by atoms with van der Waals surface area (Å²) < 4.78 is 0. The van der Waals surface area contributed by atoms with E-state index in [1.165, 1.54) is 11.1 Å². The summed E-state index contributed by atoms with van der Waals surface area (Å²) in [5, 5.41) is 0. The molecule has 1 nitrogen and oxygen atoms in total. The van der Waals surface area contributed by atoms with E-state index < -0.39 is 0 Å². The van der Waals surface area contributed by atoms with Crippen LogP contribution >= 0.6 is 24.0 Å². The minimum Gasteiger partial charge on any atom is -0.284 e. The number of benzene rings is 1. The van der Waals surface area contributed by atoms with Crippen LogP contribution in [0.1, 0.15) is 30.9 Å².